The summed E-state index contributed by atoms with van der Waals surface area (Å²) in [6, 6.07) is 22.3. The van der Waals surface area contributed by atoms with Crippen LogP contribution in [-0.2, 0) is 28.3 Å². The molecule has 0 heterocycles. The van der Waals surface area contributed by atoms with E-state index in [0.717, 1.165) is 90.2 Å². The van der Waals surface area contributed by atoms with Gasteiger partial charge in [-0.3, -0.25) is 14.4 Å². The minimum atomic E-state index is -2.57. The predicted octanol–water partition coefficient (Wildman–Crippen LogP) is 16.2. The molecule has 2 rings (SSSR count). The van der Waals surface area contributed by atoms with Crippen molar-refractivity contribution in [3.05, 3.63) is 60.7 Å². The van der Waals surface area contributed by atoms with Crippen LogP contribution in [0.2, 0.25) is 5.04 Å². The molecule has 0 N–H and O–H groups in total. The number of carbonyl (C=O) groups is 3. The maximum absolute atomic E-state index is 13.0. The van der Waals surface area contributed by atoms with E-state index < -0.39 is 8.32 Å². The monoisotopic (exact) mass is 1050 g/mol. The average Bonchev–Trinajstić information content (AvgIpc) is 3.39. The van der Waals surface area contributed by atoms with Crippen molar-refractivity contribution in [2.24, 2.45) is 11.8 Å². The molecule has 424 valence electrons. The van der Waals surface area contributed by atoms with Crippen molar-refractivity contribution in [2.45, 2.75) is 265 Å². The van der Waals surface area contributed by atoms with Crippen LogP contribution in [-0.4, -0.2) is 89.0 Å². The minimum absolute atomic E-state index is 0.0167. The van der Waals surface area contributed by atoms with Crippen molar-refractivity contribution < 1.29 is 28.3 Å². The normalized spacial score (nSPS) is 13.2. The molecule has 0 aliphatic carbocycles. The molecule has 3 atom stereocenters. The largest absolute Gasteiger partial charge is 0.466 e. The van der Waals surface area contributed by atoms with Gasteiger partial charge in [-0.25, -0.2) is 0 Å². The third-order valence-corrected chi connectivity index (χ3v) is 20.9. The maximum Gasteiger partial charge on any atom is 0.325 e. The highest BCUT2D eigenvalue weighted by Gasteiger charge is 2.50. The molecular weight excluding hydrogens is 933 g/mol. The van der Waals surface area contributed by atoms with Crippen molar-refractivity contribution in [3.8, 4) is 0 Å². The zero-order valence-electron chi connectivity index (χ0n) is 49.5. The summed E-state index contributed by atoms with van der Waals surface area (Å²) >= 11 is 0. The van der Waals surface area contributed by atoms with Crippen LogP contribution in [0.5, 0.6) is 0 Å². The van der Waals surface area contributed by atoms with E-state index in [1.807, 2.05) is 0 Å². The summed E-state index contributed by atoms with van der Waals surface area (Å²) in [4.78, 5) is 42.8. The highest BCUT2D eigenvalue weighted by atomic mass is 28.4. The highest BCUT2D eigenvalue weighted by molar-refractivity contribution is 6.99. The van der Waals surface area contributed by atoms with Crippen molar-refractivity contribution in [1.82, 2.24) is 9.80 Å². The lowest BCUT2D eigenvalue weighted by atomic mass is 9.90. The number of amides is 1. The van der Waals surface area contributed by atoms with Crippen LogP contribution in [0, 0.1) is 11.8 Å². The Kier molecular flexibility index (Phi) is 38.1. The minimum Gasteiger partial charge on any atom is -0.466 e. The van der Waals surface area contributed by atoms with Gasteiger partial charge in [0, 0.05) is 32.5 Å². The van der Waals surface area contributed by atoms with Gasteiger partial charge in [0.05, 0.1) is 13.2 Å². The number of benzene rings is 2. The van der Waals surface area contributed by atoms with Gasteiger partial charge in [-0.1, -0.05) is 250 Å². The first kappa shape index (κ1) is 67.1. The molecule has 0 aliphatic rings. The molecule has 0 fully saturated rings. The van der Waals surface area contributed by atoms with Crippen LogP contribution in [0.4, 0.5) is 0 Å². The number of ether oxygens (including phenoxy) is 2. The Morgan fingerprint density at radius 2 is 0.892 bits per heavy atom. The lowest BCUT2D eigenvalue weighted by Crippen LogP contribution is -2.66. The number of rotatable bonds is 47. The Labute approximate surface area is 457 Å². The molecule has 74 heavy (non-hydrogen) atoms. The predicted molar refractivity (Wildman–Crippen MR) is 317 cm³/mol. The molecule has 0 radical (unpaired) electrons. The molecule has 3 unspecified atom stereocenters. The molecule has 0 saturated carbocycles. The summed E-state index contributed by atoms with van der Waals surface area (Å²) in [6.07, 6.45) is 35.8. The fourth-order valence-electron chi connectivity index (χ4n) is 11.1. The topological polar surface area (TPSA) is 85.4 Å². The molecule has 0 aromatic heterocycles. The van der Waals surface area contributed by atoms with Gasteiger partial charge in [0.2, 0.25) is 5.91 Å². The maximum atomic E-state index is 13.0. The van der Waals surface area contributed by atoms with Crippen LogP contribution in [0.15, 0.2) is 60.7 Å². The summed E-state index contributed by atoms with van der Waals surface area (Å²) < 4.78 is 18.7. The summed E-state index contributed by atoms with van der Waals surface area (Å²) in [6.45, 7) is 18.7. The van der Waals surface area contributed by atoms with Crippen LogP contribution in [0.25, 0.3) is 0 Å². The SMILES string of the molecule is CCCCCCCC(CCCCC)CCC(=O)OCCCCCC(CCCCCOC(=O)CN(C)C(=O)CCC(CCCC)CCCCCC)N(C)CCCCO[Si](c1ccccc1)(c1ccccc1)C(C)(C)C. The van der Waals surface area contributed by atoms with E-state index in [1.54, 1.807) is 11.9 Å². The van der Waals surface area contributed by atoms with E-state index >= 15 is 0 Å². The van der Waals surface area contributed by atoms with Crippen LogP contribution in [0.1, 0.15) is 254 Å². The first-order chi connectivity index (χ1) is 35.8. The number of nitrogens with zero attached hydrogens (tertiary/aromatic N) is 2. The van der Waals surface area contributed by atoms with Crippen molar-refractivity contribution in [2.75, 3.05) is 47.0 Å². The average molecular weight is 1050 g/mol. The number of hydrogen-bond donors (Lipinski definition) is 0. The van der Waals surface area contributed by atoms with Crippen molar-refractivity contribution in [3.63, 3.8) is 0 Å². The molecule has 0 spiro atoms. The quantitative estimate of drug-likeness (QED) is 0.0371. The van der Waals surface area contributed by atoms with Gasteiger partial charge in [-0.15, -0.1) is 0 Å². The molecule has 2 aromatic rings. The van der Waals surface area contributed by atoms with Gasteiger partial charge in [-0.05, 0) is 92.2 Å². The lowest BCUT2D eigenvalue weighted by Gasteiger charge is -2.43. The zero-order valence-corrected chi connectivity index (χ0v) is 50.5. The molecule has 8 nitrogen and oxygen atoms in total. The second-order valence-corrected chi connectivity index (χ2v) is 27.5. The van der Waals surface area contributed by atoms with E-state index in [9.17, 15) is 14.4 Å². The Morgan fingerprint density at radius 1 is 0.473 bits per heavy atom. The van der Waals surface area contributed by atoms with Gasteiger partial charge in [-0.2, -0.15) is 0 Å². The highest BCUT2D eigenvalue weighted by Crippen LogP contribution is 2.37. The van der Waals surface area contributed by atoms with Gasteiger partial charge < -0.3 is 23.7 Å². The fraction of sp³-hybridized carbons (Fsp3) is 0.769. The van der Waals surface area contributed by atoms with Crippen LogP contribution < -0.4 is 10.4 Å². The van der Waals surface area contributed by atoms with E-state index in [-0.39, 0.29) is 29.4 Å². The summed E-state index contributed by atoms with van der Waals surface area (Å²) in [5.41, 5.74) is 0. The molecule has 2 aromatic carbocycles. The zero-order chi connectivity index (χ0) is 54.1. The van der Waals surface area contributed by atoms with Gasteiger partial charge >= 0.3 is 11.9 Å². The Bertz CT molecular complexity index is 1630. The van der Waals surface area contributed by atoms with Crippen molar-refractivity contribution in [1.29, 1.82) is 0 Å². The molecular formula is C65H114N2O6Si. The molecule has 0 saturated heterocycles. The summed E-state index contributed by atoms with van der Waals surface area (Å²) in [5, 5.41) is 2.60. The first-order valence-corrected chi connectivity index (χ1v) is 32.7. The summed E-state index contributed by atoms with van der Waals surface area (Å²) in [5.74, 6) is 0.945. The number of carbonyl (C=O) groups excluding carboxylic acids is 3. The Hall–Kier alpha value is -3.01. The van der Waals surface area contributed by atoms with E-state index in [2.05, 4.69) is 121 Å². The number of unbranched alkanes of at least 4 members (excludes halogenated alkanes) is 15. The Morgan fingerprint density at radius 3 is 1.42 bits per heavy atom. The van der Waals surface area contributed by atoms with Gasteiger partial charge in [0.1, 0.15) is 6.54 Å². The lowest BCUT2D eigenvalue weighted by molar-refractivity contribution is -0.148. The molecule has 9 heteroatoms. The fourth-order valence-corrected chi connectivity index (χ4v) is 15.7. The van der Waals surface area contributed by atoms with E-state index in [4.69, 9.17) is 13.9 Å². The van der Waals surface area contributed by atoms with Crippen LogP contribution in [0.3, 0.4) is 0 Å². The number of likely N-dealkylation sites (N-methyl/N-ethyl adjacent to an activating group) is 1. The Balaban J connectivity index is 1.92. The van der Waals surface area contributed by atoms with E-state index in [1.165, 1.54) is 126 Å². The first-order valence-electron chi connectivity index (χ1n) is 30.8. The third-order valence-electron chi connectivity index (χ3n) is 15.8. The number of esters is 2. The number of hydrogen-bond acceptors (Lipinski definition) is 7. The smallest absolute Gasteiger partial charge is 0.325 e. The summed E-state index contributed by atoms with van der Waals surface area (Å²) in [7, 11) is 1.45. The second-order valence-electron chi connectivity index (χ2n) is 23.2. The van der Waals surface area contributed by atoms with Gasteiger partial charge in [0.15, 0.2) is 0 Å². The van der Waals surface area contributed by atoms with Crippen molar-refractivity contribution >= 4 is 36.5 Å². The second kappa shape index (κ2) is 42.1. The molecule has 0 bridgehead atoms. The van der Waals surface area contributed by atoms with Gasteiger partial charge in [0.25, 0.3) is 8.32 Å². The van der Waals surface area contributed by atoms with Crippen LogP contribution >= 0.6 is 0 Å². The standard InChI is InChI=1S/C65H114N2O6Si/c1-10-14-18-20-27-41-58(39-25-16-12-3)49-51-63(69)71-53-35-23-28-42-59(43-29-24-36-54-72-64(70)56-67(9)62(68)50-48-57(38-17-13-4)40-26-19-15-11-2)66(8)52-34-37-55-73-74(65(5,6)7,60-44-30-21-31-45-60)61-46-32-22-33-47-61/h21-22,30-33,44-47,57-59H,10-20,23-29,34-43,48-56H2,1-9H3. The van der Waals surface area contributed by atoms with E-state index in [0.29, 0.717) is 43.9 Å². The molecule has 1 amide bonds. The molecule has 0 aliphatic heterocycles. The third kappa shape index (κ3) is 28.9.